The minimum Gasteiger partial charge on any atom is -0.484 e. The van der Waals surface area contributed by atoms with E-state index in [1.165, 1.54) is 5.56 Å². The Labute approximate surface area is 153 Å². The molecule has 1 atom stereocenters. The van der Waals surface area contributed by atoms with Crippen LogP contribution in [0.4, 0.5) is 10.5 Å². The Kier molecular flexibility index (Phi) is 7.49. The van der Waals surface area contributed by atoms with E-state index in [1.54, 1.807) is 24.3 Å². The van der Waals surface area contributed by atoms with Gasteiger partial charge in [-0.2, -0.15) is 0 Å². The first-order chi connectivity index (χ1) is 12.6. The van der Waals surface area contributed by atoms with Gasteiger partial charge in [-0.15, -0.1) is 0 Å². The first-order valence-electron chi connectivity index (χ1n) is 8.68. The molecule has 6 nitrogen and oxygen atoms in total. The number of nitrogens with one attached hydrogen (secondary N) is 3. The highest BCUT2D eigenvalue weighted by Crippen LogP contribution is 2.16. The van der Waals surface area contributed by atoms with Gasteiger partial charge in [-0.05, 0) is 42.7 Å². The van der Waals surface area contributed by atoms with Crippen LogP contribution in [0.25, 0.3) is 0 Å². The molecule has 26 heavy (non-hydrogen) atoms. The molecule has 3 N–H and O–H groups in total. The molecule has 0 aromatic heterocycles. The summed E-state index contributed by atoms with van der Waals surface area (Å²) >= 11 is 0. The van der Waals surface area contributed by atoms with Crippen LogP contribution in [0.3, 0.4) is 0 Å². The fourth-order valence-electron chi connectivity index (χ4n) is 2.35. The monoisotopic (exact) mass is 355 g/mol. The molecule has 0 fully saturated rings. The molecule has 138 valence electrons. The van der Waals surface area contributed by atoms with Crippen molar-refractivity contribution in [1.82, 2.24) is 10.6 Å². The van der Waals surface area contributed by atoms with Crippen LogP contribution < -0.4 is 20.7 Å². The second-order valence-corrected chi connectivity index (χ2v) is 5.91. The second kappa shape index (κ2) is 10.1. The molecule has 0 aliphatic carbocycles. The Morgan fingerprint density at radius 2 is 1.69 bits per heavy atom. The molecule has 0 radical (unpaired) electrons. The summed E-state index contributed by atoms with van der Waals surface area (Å²) in [6, 6.07) is 16.7. The average Bonchev–Trinajstić information content (AvgIpc) is 2.66. The molecule has 0 unspecified atom stereocenters. The van der Waals surface area contributed by atoms with Crippen LogP contribution in [0.1, 0.15) is 25.3 Å². The summed E-state index contributed by atoms with van der Waals surface area (Å²) in [4.78, 5) is 23.4. The van der Waals surface area contributed by atoms with E-state index >= 15 is 0 Å². The molecular weight excluding hydrogens is 330 g/mol. The third-order valence-electron chi connectivity index (χ3n) is 3.79. The number of amides is 3. The van der Waals surface area contributed by atoms with Crippen LogP contribution in [0, 0.1) is 0 Å². The van der Waals surface area contributed by atoms with Gasteiger partial charge in [0, 0.05) is 18.8 Å². The molecule has 0 spiro atoms. The summed E-state index contributed by atoms with van der Waals surface area (Å²) in [5, 5.41) is 8.30. The van der Waals surface area contributed by atoms with Gasteiger partial charge >= 0.3 is 6.03 Å². The first-order valence-corrected chi connectivity index (χ1v) is 8.68. The maximum Gasteiger partial charge on any atom is 0.319 e. The number of anilines is 1. The molecule has 0 bridgehead atoms. The van der Waals surface area contributed by atoms with Crippen LogP contribution in [0.5, 0.6) is 5.75 Å². The van der Waals surface area contributed by atoms with Crippen molar-refractivity contribution in [2.75, 3.05) is 25.0 Å². The molecule has 2 aromatic carbocycles. The van der Waals surface area contributed by atoms with Gasteiger partial charge in [0.2, 0.25) is 0 Å². The van der Waals surface area contributed by atoms with Crippen LogP contribution >= 0.6 is 0 Å². The van der Waals surface area contributed by atoms with Crippen molar-refractivity contribution in [3.05, 3.63) is 60.2 Å². The SMILES string of the molecule is CCNC(=O)COc1ccc(NC(=O)NC[C@@H](C)c2ccccc2)cc1. The smallest absolute Gasteiger partial charge is 0.319 e. The lowest BCUT2D eigenvalue weighted by molar-refractivity contribution is -0.122. The van der Waals surface area contributed by atoms with Crippen LogP contribution in [0.15, 0.2) is 54.6 Å². The van der Waals surface area contributed by atoms with E-state index in [4.69, 9.17) is 4.74 Å². The highest BCUT2D eigenvalue weighted by Gasteiger charge is 2.08. The van der Waals surface area contributed by atoms with E-state index in [-0.39, 0.29) is 24.5 Å². The van der Waals surface area contributed by atoms with E-state index < -0.39 is 0 Å². The predicted molar refractivity (Wildman–Crippen MR) is 102 cm³/mol. The standard InChI is InChI=1S/C20H25N3O3/c1-3-21-19(24)14-26-18-11-9-17(10-12-18)23-20(25)22-13-15(2)16-7-5-4-6-8-16/h4-12,15H,3,13-14H2,1-2H3,(H,21,24)(H2,22,23,25)/t15-/m1/s1. The van der Waals surface area contributed by atoms with Gasteiger partial charge in [0.25, 0.3) is 5.91 Å². The summed E-state index contributed by atoms with van der Waals surface area (Å²) in [5.41, 5.74) is 1.83. The number of likely N-dealkylation sites (N-methyl/N-ethyl adjacent to an activating group) is 1. The van der Waals surface area contributed by atoms with Crippen LogP contribution in [-0.4, -0.2) is 31.6 Å². The topological polar surface area (TPSA) is 79.5 Å². The Morgan fingerprint density at radius 3 is 2.35 bits per heavy atom. The van der Waals surface area contributed by atoms with Crippen molar-refractivity contribution in [3.8, 4) is 5.75 Å². The minimum atomic E-state index is -0.260. The lowest BCUT2D eigenvalue weighted by atomic mass is 10.0. The number of rotatable bonds is 8. The zero-order valence-electron chi connectivity index (χ0n) is 15.1. The Bertz CT molecular complexity index is 702. The molecular formula is C20H25N3O3. The quantitative estimate of drug-likeness (QED) is 0.681. The van der Waals surface area contributed by atoms with Crippen LogP contribution in [-0.2, 0) is 4.79 Å². The number of hydrogen-bond acceptors (Lipinski definition) is 3. The van der Waals surface area contributed by atoms with Crippen molar-refractivity contribution in [1.29, 1.82) is 0 Å². The molecule has 0 saturated carbocycles. The Morgan fingerprint density at radius 1 is 1.00 bits per heavy atom. The average molecular weight is 355 g/mol. The predicted octanol–water partition coefficient (Wildman–Crippen LogP) is 3.13. The highest BCUT2D eigenvalue weighted by atomic mass is 16.5. The lowest BCUT2D eigenvalue weighted by Crippen LogP contribution is -2.31. The van der Waals surface area contributed by atoms with Gasteiger partial charge in [0.05, 0.1) is 0 Å². The van der Waals surface area contributed by atoms with E-state index in [0.29, 0.717) is 24.5 Å². The third kappa shape index (κ3) is 6.47. The molecule has 6 heteroatoms. The number of hydrogen-bond donors (Lipinski definition) is 3. The van der Waals surface area contributed by atoms with E-state index in [9.17, 15) is 9.59 Å². The zero-order valence-corrected chi connectivity index (χ0v) is 15.1. The highest BCUT2D eigenvalue weighted by molar-refractivity contribution is 5.89. The van der Waals surface area contributed by atoms with E-state index in [1.807, 2.05) is 37.3 Å². The molecule has 0 saturated heterocycles. The summed E-state index contributed by atoms with van der Waals surface area (Å²) in [6.07, 6.45) is 0. The van der Waals surface area contributed by atoms with Crippen molar-refractivity contribution in [2.24, 2.45) is 0 Å². The summed E-state index contributed by atoms with van der Waals surface area (Å²) < 4.78 is 5.37. The molecule has 0 aliphatic rings. The molecule has 2 rings (SSSR count). The maximum absolute atomic E-state index is 12.0. The number of benzene rings is 2. The van der Waals surface area contributed by atoms with Crippen molar-refractivity contribution < 1.29 is 14.3 Å². The number of carbonyl (C=O) groups excluding carboxylic acids is 2. The van der Waals surface area contributed by atoms with Gasteiger partial charge in [-0.1, -0.05) is 37.3 Å². The number of carbonyl (C=O) groups is 2. The van der Waals surface area contributed by atoms with E-state index in [2.05, 4.69) is 22.9 Å². The van der Waals surface area contributed by atoms with E-state index in [0.717, 1.165) is 0 Å². The van der Waals surface area contributed by atoms with Gasteiger partial charge in [0.1, 0.15) is 5.75 Å². The summed E-state index contributed by atoms with van der Waals surface area (Å²) in [7, 11) is 0. The maximum atomic E-state index is 12.0. The molecule has 0 heterocycles. The Balaban J connectivity index is 1.75. The van der Waals surface area contributed by atoms with Crippen LogP contribution in [0.2, 0.25) is 0 Å². The lowest BCUT2D eigenvalue weighted by Gasteiger charge is -2.14. The second-order valence-electron chi connectivity index (χ2n) is 5.91. The number of ether oxygens (including phenoxy) is 1. The van der Waals surface area contributed by atoms with Gasteiger partial charge in [-0.25, -0.2) is 4.79 Å². The normalized spacial score (nSPS) is 11.3. The van der Waals surface area contributed by atoms with Gasteiger partial charge < -0.3 is 20.7 Å². The molecule has 0 aliphatic heterocycles. The molecule has 2 aromatic rings. The third-order valence-corrected chi connectivity index (χ3v) is 3.79. The van der Waals surface area contributed by atoms with Gasteiger partial charge in [-0.3, -0.25) is 4.79 Å². The molecule has 3 amide bonds. The largest absolute Gasteiger partial charge is 0.484 e. The Hall–Kier alpha value is -3.02. The summed E-state index contributed by atoms with van der Waals surface area (Å²) in [6.45, 7) is 5.01. The van der Waals surface area contributed by atoms with Crippen molar-refractivity contribution >= 4 is 17.6 Å². The summed E-state index contributed by atoms with van der Waals surface area (Å²) in [5.74, 6) is 0.633. The minimum absolute atomic E-state index is 0.0293. The van der Waals surface area contributed by atoms with Gasteiger partial charge in [0.15, 0.2) is 6.61 Å². The fourth-order valence-corrected chi connectivity index (χ4v) is 2.35. The van der Waals surface area contributed by atoms with Crippen molar-refractivity contribution in [2.45, 2.75) is 19.8 Å². The van der Waals surface area contributed by atoms with Crippen molar-refractivity contribution in [3.63, 3.8) is 0 Å². The zero-order chi connectivity index (χ0) is 18.8. The first kappa shape index (κ1) is 19.3. The fraction of sp³-hybridized carbons (Fsp3) is 0.300. The number of urea groups is 1.